The average molecular weight is 482 g/mol. The molecule has 2 aliphatic heterocycles. The number of hydrogen-bond donors (Lipinski definition) is 0. The predicted molar refractivity (Wildman–Crippen MR) is 146 cm³/mol. The summed E-state index contributed by atoms with van der Waals surface area (Å²) in [7, 11) is 0. The van der Waals surface area contributed by atoms with E-state index >= 15 is 0 Å². The van der Waals surface area contributed by atoms with Gasteiger partial charge in [-0.05, 0) is 37.0 Å². The summed E-state index contributed by atoms with van der Waals surface area (Å²) >= 11 is 1.89. The summed E-state index contributed by atoms with van der Waals surface area (Å²) in [5.41, 5.74) is 0. The molecular weight excluding hydrogens is 426 g/mol. The molecule has 194 valence electrons. The molecule has 0 aromatic carbocycles. The maximum Gasteiger partial charge on any atom is 0.0812 e. The minimum atomic E-state index is 0.358. The summed E-state index contributed by atoms with van der Waals surface area (Å²) in [5, 5.41) is 2.20. The molecule has 2 rings (SSSR count). The Morgan fingerprint density at radius 2 is 1.45 bits per heavy atom. The van der Waals surface area contributed by atoms with Crippen molar-refractivity contribution >= 4 is 11.8 Å². The fourth-order valence-corrected chi connectivity index (χ4v) is 5.84. The molecule has 0 aromatic rings. The molecule has 4 heteroatoms. The Hall–Kier alpha value is -0.190. The van der Waals surface area contributed by atoms with Gasteiger partial charge in [-0.15, -0.1) is 11.8 Å². The van der Waals surface area contributed by atoms with Crippen LogP contribution in [-0.2, 0) is 9.47 Å². The Kier molecular flexibility index (Phi) is 18.6. The van der Waals surface area contributed by atoms with E-state index in [-0.39, 0.29) is 0 Å². The number of ether oxygens (including phenoxy) is 2. The maximum absolute atomic E-state index is 5.99. The van der Waals surface area contributed by atoms with Crippen LogP contribution in [0.3, 0.4) is 0 Å². The Labute approximate surface area is 210 Å². The van der Waals surface area contributed by atoms with Crippen molar-refractivity contribution in [2.75, 3.05) is 32.2 Å². The van der Waals surface area contributed by atoms with Gasteiger partial charge in [-0.3, -0.25) is 0 Å². The Bertz CT molecular complexity index is 459. The highest BCUT2D eigenvalue weighted by Gasteiger charge is 2.24. The van der Waals surface area contributed by atoms with Crippen molar-refractivity contribution in [2.24, 2.45) is 5.92 Å². The van der Waals surface area contributed by atoms with Crippen LogP contribution in [0.4, 0.5) is 0 Å². The second kappa shape index (κ2) is 21.1. The largest absolute Gasteiger partial charge is 0.379 e. The zero-order chi connectivity index (χ0) is 23.2. The predicted octanol–water partition coefficient (Wildman–Crippen LogP) is 8.93. The van der Waals surface area contributed by atoms with Crippen LogP contribution in [0, 0.1) is 5.92 Å². The molecule has 2 heterocycles. The summed E-state index contributed by atoms with van der Waals surface area (Å²) in [6.45, 7) is 6.19. The van der Waals surface area contributed by atoms with Gasteiger partial charge in [0.05, 0.1) is 18.6 Å². The van der Waals surface area contributed by atoms with Crippen molar-refractivity contribution in [1.29, 1.82) is 0 Å². The van der Waals surface area contributed by atoms with Gasteiger partial charge in [-0.2, -0.15) is 0 Å². The van der Waals surface area contributed by atoms with E-state index in [1.807, 2.05) is 11.8 Å². The van der Waals surface area contributed by atoms with Gasteiger partial charge < -0.3 is 14.4 Å². The first-order valence-electron chi connectivity index (χ1n) is 14.6. The lowest BCUT2D eigenvalue weighted by Gasteiger charge is -2.14. The molecule has 0 spiro atoms. The molecule has 0 radical (unpaired) electrons. The van der Waals surface area contributed by atoms with Gasteiger partial charge in [0.15, 0.2) is 0 Å². The van der Waals surface area contributed by atoms with Crippen molar-refractivity contribution < 1.29 is 9.47 Å². The standard InChI is InChI=1S/C29H55NO2S/c1-2-3-4-5-6-7-8-9-10-11-12-13-16-19-28-24-29(32-25-28)26-31-22-18-15-14-17-20-30-21-23-33-27-30/h21,23,28-29H,2-20,22,24-27H2,1H3. The van der Waals surface area contributed by atoms with Gasteiger partial charge in [0.25, 0.3) is 0 Å². The molecule has 2 aliphatic rings. The molecule has 1 fully saturated rings. The molecular formula is C29H55NO2S. The van der Waals surface area contributed by atoms with Crippen molar-refractivity contribution in [2.45, 2.75) is 135 Å². The number of unbranched alkanes of at least 4 members (excludes halogenated alkanes) is 15. The normalized spacial score (nSPS) is 20.3. The zero-order valence-electron chi connectivity index (χ0n) is 22.0. The first-order valence-corrected chi connectivity index (χ1v) is 15.6. The number of hydrogen-bond acceptors (Lipinski definition) is 4. The fourth-order valence-electron chi connectivity index (χ4n) is 5.09. The third-order valence-electron chi connectivity index (χ3n) is 7.28. The van der Waals surface area contributed by atoms with Crippen LogP contribution in [-0.4, -0.2) is 43.2 Å². The first-order chi connectivity index (χ1) is 16.4. The van der Waals surface area contributed by atoms with Gasteiger partial charge in [0.1, 0.15) is 0 Å². The Morgan fingerprint density at radius 3 is 2.12 bits per heavy atom. The highest BCUT2D eigenvalue weighted by molar-refractivity contribution is 8.02. The van der Waals surface area contributed by atoms with Crippen molar-refractivity contribution in [3.8, 4) is 0 Å². The molecule has 0 aliphatic carbocycles. The van der Waals surface area contributed by atoms with Crippen LogP contribution in [0.25, 0.3) is 0 Å². The van der Waals surface area contributed by atoms with E-state index in [1.165, 1.54) is 129 Å². The summed E-state index contributed by atoms with van der Waals surface area (Å²) in [4.78, 5) is 2.41. The molecule has 33 heavy (non-hydrogen) atoms. The lowest BCUT2D eigenvalue weighted by molar-refractivity contribution is 0.0153. The molecule has 2 unspecified atom stereocenters. The van der Waals surface area contributed by atoms with E-state index in [0.717, 1.165) is 31.6 Å². The zero-order valence-corrected chi connectivity index (χ0v) is 22.8. The molecule has 1 saturated heterocycles. The molecule has 0 N–H and O–H groups in total. The quantitative estimate of drug-likeness (QED) is 0.136. The van der Waals surface area contributed by atoms with E-state index in [0.29, 0.717) is 6.10 Å². The highest BCUT2D eigenvalue weighted by atomic mass is 32.2. The highest BCUT2D eigenvalue weighted by Crippen LogP contribution is 2.25. The van der Waals surface area contributed by atoms with Gasteiger partial charge in [0, 0.05) is 26.0 Å². The van der Waals surface area contributed by atoms with Crippen LogP contribution < -0.4 is 0 Å². The van der Waals surface area contributed by atoms with E-state index in [2.05, 4.69) is 23.4 Å². The van der Waals surface area contributed by atoms with E-state index in [4.69, 9.17) is 9.47 Å². The van der Waals surface area contributed by atoms with Gasteiger partial charge in [-0.25, -0.2) is 0 Å². The van der Waals surface area contributed by atoms with E-state index in [9.17, 15) is 0 Å². The minimum absolute atomic E-state index is 0.358. The first kappa shape index (κ1) is 29.0. The molecule has 0 bridgehead atoms. The third-order valence-corrected chi connectivity index (χ3v) is 8.07. The molecule has 3 nitrogen and oxygen atoms in total. The van der Waals surface area contributed by atoms with Crippen molar-refractivity contribution in [3.63, 3.8) is 0 Å². The number of rotatable bonds is 23. The Balaban J connectivity index is 1.26. The lowest BCUT2D eigenvalue weighted by Crippen LogP contribution is -2.15. The minimum Gasteiger partial charge on any atom is -0.379 e. The number of thioether (sulfide) groups is 1. The van der Waals surface area contributed by atoms with Gasteiger partial charge >= 0.3 is 0 Å². The van der Waals surface area contributed by atoms with Crippen LogP contribution in [0.2, 0.25) is 0 Å². The topological polar surface area (TPSA) is 21.7 Å². The Morgan fingerprint density at radius 1 is 0.818 bits per heavy atom. The lowest BCUT2D eigenvalue weighted by atomic mass is 9.97. The van der Waals surface area contributed by atoms with Crippen LogP contribution in [0.15, 0.2) is 11.6 Å². The van der Waals surface area contributed by atoms with Crippen LogP contribution in [0.5, 0.6) is 0 Å². The maximum atomic E-state index is 5.99. The smallest absolute Gasteiger partial charge is 0.0812 e. The summed E-state index contributed by atoms with van der Waals surface area (Å²) < 4.78 is 11.9. The van der Waals surface area contributed by atoms with Crippen LogP contribution >= 0.6 is 11.8 Å². The fraction of sp³-hybridized carbons (Fsp3) is 0.931. The van der Waals surface area contributed by atoms with Crippen molar-refractivity contribution in [3.05, 3.63) is 11.6 Å². The monoisotopic (exact) mass is 481 g/mol. The molecule has 0 aromatic heterocycles. The molecule has 0 amide bonds. The molecule has 2 atom stereocenters. The van der Waals surface area contributed by atoms with E-state index < -0.39 is 0 Å². The average Bonchev–Trinajstić information content (AvgIpc) is 3.51. The summed E-state index contributed by atoms with van der Waals surface area (Å²) in [6, 6.07) is 0. The molecule has 0 saturated carbocycles. The van der Waals surface area contributed by atoms with Crippen molar-refractivity contribution in [1.82, 2.24) is 4.90 Å². The van der Waals surface area contributed by atoms with Gasteiger partial charge in [0.2, 0.25) is 0 Å². The summed E-state index contributed by atoms with van der Waals surface area (Å²) in [5.74, 6) is 1.93. The second-order valence-corrected chi connectivity index (χ2v) is 11.3. The summed E-state index contributed by atoms with van der Waals surface area (Å²) in [6.07, 6.45) is 29.0. The third kappa shape index (κ3) is 16.2. The van der Waals surface area contributed by atoms with Crippen LogP contribution in [0.1, 0.15) is 129 Å². The van der Waals surface area contributed by atoms with E-state index in [1.54, 1.807) is 0 Å². The second-order valence-electron chi connectivity index (χ2n) is 10.5. The van der Waals surface area contributed by atoms with Gasteiger partial charge in [-0.1, -0.05) is 103 Å². The number of nitrogens with zero attached hydrogens (tertiary/aromatic N) is 1. The SMILES string of the molecule is CCCCCCCCCCCCCCCC1COC(COCCCCCCN2C=CSC2)C1.